The van der Waals surface area contributed by atoms with Crippen LogP contribution >= 0.6 is 11.8 Å². The lowest BCUT2D eigenvalue weighted by Crippen LogP contribution is -2.05. The van der Waals surface area contributed by atoms with Crippen molar-refractivity contribution in [1.82, 2.24) is 14.8 Å². The molecule has 0 atom stereocenters. The van der Waals surface area contributed by atoms with E-state index in [2.05, 4.69) is 16.3 Å². The summed E-state index contributed by atoms with van der Waals surface area (Å²) in [6.45, 7) is 4.07. The third-order valence-electron chi connectivity index (χ3n) is 4.70. The van der Waals surface area contributed by atoms with E-state index in [4.69, 9.17) is 0 Å². The number of Topliss-reactive ketones (excluding diaryl/α,β-unsaturated/α-hetero) is 1. The summed E-state index contributed by atoms with van der Waals surface area (Å²) >= 11 is 1.32. The highest BCUT2D eigenvalue weighted by atomic mass is 32.2. The number of nitrogens with zero attached hydrogens (tertiary/aromatic N) is 3. The minimum atomic E-state index is -0.360. The van der Waals surface area contributed by atoms with Gasteiger partial charge in [0.15, 0.2) is 16.8 Å². The van der Waals surface area contributed by atoms with Crippen LogP contribution in [0.2, 0.25) is 0 Å². The molecule has 30 heavy (non-hydrogen) atoms. The van der Waals surface area contributed by atoms with Gasteiger partial charge in [-0.25, -0.2) is 4.39 Å². The number of rotatable bonds is 6. The zero-order chi connectivity index (χ0) is 21.1. The summed E-state index contributed by atoms with van der Waals surface area (Å²) in [4.78, 5) is 12.5. The second-order valence-electron chi connectivity index (χ2n) is 7.07. The zero-order valence-corrected chi connectivity index (χ0v) is 17.5. The maximum atomic E-state index is 13.1. The van der Waals surface area contributed by atoms with Crippen LogP contribution in [-0.2, 0) is 0 Å². The third kappa shape index (κ3) is 4.33. The van der Waals surface area contributed by atoms with E-state index in [0.717, 1.165) is 28.2 Å². The normalized spacial score (nSPS) is 10.9. The first-order valence-electron chi connectivity index (χ1n) is 9.52. The Kier molecular flexibility index (Phi) is 5.77. The zero-order valence-electron chi connectivity index (χ0n) is 16.7. The van der Waals surface area contributed by atoms with Gasteiger partial charge in [-0.15, -0.1) is 10.2 Å². The molecule has 6 heteroatoms. The molecule has 0 spiro atoms. The number of carbonyl (C=O) groups is 1. The first kappa shape index (κ1) is 20.0. The minimum Gasteiger partial charge on any atom is -0.293 e. The van der Waals surface area contributed by atoms with Crippen molar-refractivity contribution in [3.05, 3.63) is 95.3 Å². The molecule has 0 aliphatic rings. The monoisotopic (exact) mass is 417 g/mol. The summed E-state index contributed by atoms with van der Waals surface area (Å²) in [7, 11) is 0. The average molecular weight is 418 g/mol. The van der Waals surface area contributed by atoms with E-state index in [9.17, 15) is 9.18 Å². The number of aryl methyl sites for hydroxylation is 2. The number of benzene rings is 3. The Morgan fingerprint density at radius 2 is 1.67 bits per heavy atom. The molecule has 4 aromatic rings. The molecule has 0 aliphatic heterocycles. The lowest BCUT2D eigenvalue weighted by molar-refractivity contribution is 0.102. The number of hydrogen-bond donors (Lipinski definition) is 0. The van der Waals surface area contributed by atoms with Crippen molar-refractivity contribution in [2.24, 2.45) is 0 Å². The Labute approximate surface area is 178 Å². The Morgan fingerprint density at radius 1 is 0.933 bits per heavy atom. The molecular formula is C24H20FN3OS. The SMILES string of the molecule is Cc1ccc(-n2c(SCC(=O)c3ccc(F)cc3)nnc2-c2cccc(C)c2)cc1. The van der Waals surface area contributed by atoms with Crippen LogP contribution in [-0.4, -0.2) is 26.3 Å². The fraction of sp³-hybridized carbons (Fsp3) is 0.125. The van der Waals surface area contributed by atoms with Gasteiger partial charge in [-0.3, -0.25) is 9.36 Å². The topological polar surface area (TPSA) is 47.8 Å². The smallest absolute Gasteiger partial charge is 0.196 e. The van der Waals surface area contributed by atoms with E-state index < -0.39 is 0 Å². The van der Waals surface area contributed by atoms with Crippen LogP contribution in [0.15, 0.2) is 78.0 Å². The van der Waals surface area contributed by atoms with Gasteiger partial charge in [0.05, 0.1) is 5.75 Å². The number of thioether (sulfide) groups is 1. The highest BCUT2D eigenvalue weighted by molar-refractivity contribution is 7.99. The standard InChI is InChI=1S/C24H20FN3OS/c1-16-6-12-21(13-7-16)28-23(19-5-3-4-17(2)14-19)26-27-24(28)30-15-22(29)18-8-10-20(25)11-9-18/h3-14H,15H2,1-2H3. The predicted molar refractivity (Wildman–Crippen MR) is 118 cm³/mol. The van der Waals surface area contributed by atoms with E-state index in [1.54, 1.807) is 0 Å². The molecule has 0 radical (unpaired) electrons. The molecule has 0 amide bonds. The second-order valence-corrected chi connectivity index (χ2v) is 8.01. The maximum absolute atomic E-state index is 13.1. The molecule has 1 heterocycles. The largest absolute Gasteiger partial charge is 0.293 e. The molecule has 0 saturated heterocycles. The van der Waals surface area contributed by atoms with Crippen molar-refractivity contribution >= 4 is 17.5 Å². The van der Waals surface area contributed by atoms with Gasteiger partial charge >= 0.3 is 0 Å². The number of hydrogen-bond acceptors (Lipinski definition) is 4. The van der Waals surface area contributed by atoms with Crippen LogP contribution in [0.25, 0.3) is 17.1 Å². The molecule has 0 unspecified atom stereocenters. The maximum Gasteiger partial charge on any atom is 0.196 e. The highest BCUT2D eigenvalue weighted by Crippen LogP contribution is 2.29. The quantitative estimate of drug-likeness (QED) is 0.300. The van der Waals surface area contributed by atoms with Gasteiger partial charge in [-0.1, -0.05) is 53.2 Å². The lowest BCUT2D eigenvalue weighted by atomic mass is 10.1. The fourth-order valence-electron chi connectivity index (χ4n) is 3.11. The number of carbonyl (C=O) groups excluding carboxylic acids is 1. The second kappa shape index (κ2) is 8.63. The average Bonchev–Trinajstić information content (AvgIpc) is 3.17. The first-order valence-corrected chi connectivity index (χ1v) is 10.5. The van der Waals surface area contributed by atoms with Crippen molar-refractivity contribution in [2.45, 2.75) is 19.0 Å². The van der Waals surface area contributed by atoms with E-state index in [-0.39, 0.29) is 17.4 Å². The third-order valence-corrected chi connectivity index (χ3v) is 5.63. The summed E-state index contributed by atoms with van der Waals surface area (Å²) in [6.07, 6.45) is 0. The molecule has 0 N–H and O–H groups in total. The van der Waals surface area contributed by atoms with E-state index >= 15 is 0 Å². The van der Waals surface area contributed by atoms with Crippen molar-refractivity contribution in [3.8, 4) is 17.1 Å². The molecule has 3 aromatic carbocycles. The van der Waals surface area contributed by atoms with Gasteiger partial charge in [-0.2, -0.15) is 0 Å². The van der Waals surface area contributed by atoms with Crippen LogP contribution in [0.1, 0.15) is 21.5 Å². The summed E-state index contributed by atoms with van der Waals surface area (Å²) < 4.78 is 15.1. The molecule has 1 aromatic heterocycles. The predicted octanol–water partition coefficient (Wildman–Crippen LogP) is 5.67. The first-order chi connectivity index (χ1) is 14.5. The molecule has 4 rings (SSSR count). The highest BCUT2D eigenvalue weighted by Gasteiger charge is 2.18. The summed E-state index contributed by atoms with van der Waals surface area (Å²) in [5.74, 6) is 0.458. The molecule has 0 saturated carbocycles. The van der Waals surface area contributed by atoms with Gasteiger partial charge in [0.2, 0.25) is 0 Å². The summed E-state index contributed by atoms with van der Waals surface area (Å²) in [5.41, 5.74) is 4.65. The van der Waals surface area contributed by atoms with Gasteiger partial charge < -0.3 is 0 Å². The summed E-state index contributed by atoms with van der Waals surface area (Å²) in [6, 6.07) is 21.8. The van der Waals surface area contributed by atoms with Crippen molar-refractivity contribution in [3.63, 3.8) is 0 Å². The van der Waals surface area contributed by atoms with Crippen LogP contribution in [0.5, 0.6) is 0 Å². The van der Waals surface area contributed by atoms with Gasteiger partial charge in [0.25, 0.3) is 0 Å². The summed E-state index contributed by atoms with van der Waals surface area (Å²) in [5, 5.41) is 9.41. The minimum absolute atomic E-state index is 0.0874. The molecule has 0 aliphatic carbocycles. The number of ketones is 1. The van der Waals surface area contributed by atoms with Gasteiger partial charge in [-0.05, 0) is 56.3 Å². The van der Waals surface area contributed by atoms with Gasteiger partial charge in [0, 0.05) is 16.8 Å². The molecule has 0 fully saturated rings. The van der Waals surface area contributed by atoms with E-state index in [1.807, 2.05) is 60.9 Å². The van der Waals surface area contributed by atoms with E-state index in [0.29, 0.717) is 10.7 Å². The van der Waals surface area contributed by atoms with Crippen LogP contribution in [0.3, 0.4) is 0 Å². The van der Waals surface area contributed by atoms with E-state index in [1.165, 1.54) is 36.0 Å². The number of aromatic nitrogens is 3. The lowest BCUT2D eigenvalue weighted by Gasteiger charge is -2.11. The van der Waals surface area contributed by atoms with Crippen LogP contribution < -0.4 is 0 Å². The Morgan fingerprint density at radius 3 is 2.37 bits per heavy atom. The fourth-order valence-corrected chi connectivity index (χ4v) is 3.96. The Hall–Kier alpha value is -3.25. The molecule has 0 bridgehead atoms. The van der Waals surface area contributed by atoms with Gasteiger partial charge in [0.1, 0.15) is 5.82 Å². The van der Waals surface area contributed by atoms with Crippen LogP contribution in [0.4, 0.5) is 4.39 Å². The van der Waals surface area contributed by atoms with Crippen molar-refractivity contribution in [2.75, 3.05) is 5.75 Å². The van der Waals surface area contributed by atoms with Crippen LogP contribution in [0, 0.1) is 19.7 Å². The Balaban J connectivity index is 1.68. The van der Waals surface area contributed by atoms with Crippen molar-refractivity contribution < 1.29 is 9.18 Å². The van der Waals surface area contributed by atoms with Crippen molar-refractivity contribution in [1.29, 1.82) is 0 Å². The molecule has 150 valence electrons. The molecular weight excluding hydrogens is 397 g/mol. The number of halogens is 1. The molecule has 4 nitrogen and oxygen atoms in total. The Bertz CT molecular complexity index is 1180.